The first-order chi connectivity index (χ1) is 14.5. The molecule has 0 saturated carbocycles. The van der Waals surface area contributed by atoms with Gasteiger partial charge in [0.1, 0.15) is 35.5 Å². The van der Waals surface area contributed by atoms with Crippen LogP contribution in [0.1, 0.15) is 32.7 Å². The largest absolute Gasteiger partial charge is 0.487 e. The first-order valence-electron chi connectivity index (χ1n) is 9.06. The summed E-state index contributed by atoms with van der Waals surface area (Å²) in [7, 11) is 1.34. The molecule has 0 amide bonds. The summed E-state index contributed by atoms with van der Waals surface area (Å²) >= 11 is 1.35. The highest BCUT2D eigenvalue weighted by atomic mass is 32.2. The van der Waals surface area contributed by atoms with Crippen LogP contribution >= 0.6 is 11.8 Å². The molecule has 0 radical (unpaired) electrons. The number of aryl methyl sites for hydroxylation is 1. The van der Waals surface area contributed by atoms with Crippen LogP contribution in [0.3, 0.4) is 0 Å². The zero-order chi connectivity index (χ0) is 21.5. The summed E-state index contributed by atoms with van der Waals surface area (Å²) in [5.74, 6) is 0.927. The van der Waals surface area contributed by atoms with Crippen LogP contribution in [0, 0.1) is 18.3 Å². The number of carbonyl (C=O) groups is 1. The van der Waals surface area contributed by atoms with E-state index in [0.29, 0.717) is 27.9 Å². The number of hydrogen-bond acceptors (Lipinski definition) is 8. The van der Waals surface area contributed by atoms with E-state index < -0.39 is 5.97 Å². The van der Waals surface area contributed by atoms with Gasteiger partial charge in [0, 0.05) is 5.75 Å². The van der Waals surface area contributed by atoms with Gasteiger partial charge in [-0.05, 0) is 42.3 Å². The molecule has 0 aliphatic rings. The summed E-state index contributed by atoms with van der Waals surface area (Å²) in [6.07, 6.45) is 0. The van der Waals surface area contributed by atoms with E-state index in [1.165, 1.54) is 18.9 Å². The molecule has 0 bridgehead atoms. The van der Waals surface area contributed by atoms with Crippen LogP contribution in [0.4, 0.5) is 5.82 Å². The monoisotopic (exact) mass is 420 g/mol. The number of ether oxygens (including phenoxy) is 2. The number of carbonyl (C=O) groups excluding carboxylic acids is 1. The van der Waals surface area contributed by atoms with Crippen LogP contribution in [-0.2, 0) is 17.1 Å². The Labute approximate surface area is 178 Å². The van der Waals surface area contributed by atoms with Gasteiger partial charge in [0.15, 0.2) is 5.16 Å². The summed E-state index contributed by atoms with van der Waals surface area (Å²) in [5, 5.41) is 9.86. The molecule has 30 heavy (non-hydrogen) atoms. The van der Waals surface area contributed by atoms with Crippen LogP contribution in [0.25, 0.3) is 0 Å². The molecule has 0 unspecified atom stereocenters. The molecule has 3 aromatic rings. The van der Waals surface area contributed by atoms with Gasteiger partial charge >= 0.3 is 5.97 Å². The minimum Gasteiger partial charge on any atom is -0.487 e. The Kier molecular flexibility index (Phi) is 6.88. The zero-order valence-electron chi connectivity index (χ0n) is 16.6. The lowest BCUT2D eigenvalue weighted by molar-refractivity contribution is 0.0600. The molecule has 7 nitrogen and oxygen atoms in total. The van der Waals surface area contributed by atoms with Crippen molar-refractivity contribution >= 4 is 23.5 Å². The number of anilines is 1. The van der Waals surface area contributed by atoms with E-state index >= 15 is 0 Å². The van der Waals surface area contributed by atoms with E-state index in [2.05, 4.69) is 9.97 Å². The zero-order valence-corrected chi connectivity index (χ0v) is 17.4. The summed E-state index contributed by atoms with van der Waals surface area (Å²) in [6, 6.07) is 16.8. The second-order valence-corrected chi connectivity index (χ2v) is 7.35. The quantitative estimate of drug-likeness (QED) is 0.348. The van der Waals surface area contributed by atoms with Crippen LogP contribution in [0.5, 0.6) is 5.75 Å². The topological polar surface area (TPSA) is 111 Å². The van der Waals surface area contributed by atoms with Gasteiger partial charge in [0.05, 0.1) is 12.7 Å². The number of hydrogen-bond donors (Lipinski definition) is 1. The van der Waals surface area contributed by atoms with Crippen molar-refractivity contribution in [1.82, 2.24) is 9.97 Å². The second kappa shape index (κ2) is 9.76. The van der Waals surface area contributed by atoms with E-state index in [0.717, 1.165) is 11.1 Å². The summed E-state index contributed by atoms with van der Waals surface area (Å²) in [6.45, 7) is 2.07. The lowest BCUT2D eigenvalue weighted by Crippen LogP contribution is -2.08. The molecule has 0 atom stereocenters. The molecule has 3 rings (SSSR count). The third-order valence-corrected chi connectivity index (χ3v) is 5.10. The third-order valence-electron chi connectivity index (χ3n) is 4.18. The van der Waals surface area contributed by atoms with Gasteiger partial charge in [0.25, 0.3) is 0 Å². The molecule has 2 N–H and O–H groups in total. The van der Waals surface area contributed by atoms with E-state index in [1.54, 1.807) is 18.2 Å². The Morgan fingerprint density at radius 2 is 2.00 bits per heavy atom. The molecular formula is C22H20N4O3S. The van der Waals surface area contributed by atoms with Crippen molar-refractivity contribution in [1.29, 1.82) is 5.26 Å². The lowest BCUT2D eigenvalue weighted by atomic mass is 10.1. The van der Waals surface area contributed by atoms with Crippen molar-refractivity contribution in [2.75, 3.05) is 12.8 Å². The average Bonchev–Trinajstić information content (AvgIpc) is 2.75. The normalized spacial score (nSPS) is 10.3. The van der Waals surface area contributed by atoms with Gasteiger partial charge in [-0.25, -0.2) is 14.8 Å². The number of nitrogens with zero attached hydrogens (tertiary/aromatic N) is 3. The molecular weight excluding hydrogens is 400 g/mol. The van der Waals surface area contributed by atoms with E-state index in [1.807, 2.05) is 43.3 Å². The van der Waals surface area contributed by atoms with Crippen molar-refractivity contribution in [2.24, 2.45) is 0 Å². The smallest absolute Gasteiger partial charge is 0.337 e. The molecule has 0 aliphatic carbocycles. The number of esters is 1. The van der Waals surface area contributed by atoms with Crippen LogP contribution in [0.15, 0.2) is 53.7 Å². The van der Waals surface area contributed by atoms with Crippen LogP contribution in [0.2, 0.25) is 0 Å². The van der Waals surface area contributed by atoms with Gasteiger partial charge < -0.3 is 15.2 Å². The second-order valence-electron chi connectivity index (χ2n) is 6.41. The fourth-order valence-corrected chi connectivity index (χ4v) is 3.52. The standard InChI is InChI=1S/C22H20N4O3S/c1-14-5-3-8-17(9-14)29-12-19-18(11-23)20(24)26-22(25-19)30-13-15-6-4-7-16(10-15)21(27)28-2/h3-10H,12-13H2,1-2H3,(H2,24,25,26). The number of nitrogens with two attached hydrogens (primary N) is 1. The summed E-state index contributed by atoms with van der Waals surface area (Å²) in [5.41, 5.74) is 9.06. The van der Waals surface area contributed by atoms with E-state index in [-0.39, 0.29) is 18.0 Å². The van der Waals surface area contributed by atoms with Crippen molar-refractivity contribution in [3.8, 4) is 11.8 Å². The fraction of sp³-hybridized carbons (Fsp3) is 0.182. The van der Waals surface area contributed by atoms with Crippen molar-refractivity contribution in [2.45, 2.75) is 24.4 Å². The number of thioether (sulfide) groups is 1. The maximum atomic E-state index is 11.7. The number of rotatable bonds is 7. The minimum atomic E-state index is -0.392. The highest BCUT2D eigenvalue weighted by Gasteiger charge is 2.14. The van der Waals surface area contributed by atoms with Gasteiger partial charge in [-0.3, -0.25) is 0 Å². The Hall–Kier alpha value is -3.57. The Bertz CT molecular complexity index is 1110. The molecule has 1 aromatic heterocycles. The minimum absolute atomic E-state index is 0.102. The molecule has 0 spiro atoms. The SMILES string of the molecule is COC(=O)c1cccc(CSc2nc(N)c(C#N)c(COc3cccc(C)c3)n2)c1. The van der Waals surface area contributed by atoms with Crippen LogP contribution in [-0.4, -0.2) is 23.0 Å². The van der Waals surface area contributed by atoms with E-state index in [9.17, 15) is 10.1 Å². The predicted molar refractivity (Wildman–Crippen MR) is 114 cm³/mol. The maximum Gasteiger partial charge on any atom is 0.337 e. The molecule has 0 saturated heterocycles. The van der Waals surface area contributed by atoms with Crippen LogP contribution < -0.4 is 10.5 Å². The average molecular weight is 420 g/mol. The van der Waals surface area contributed by atoms with Gasteiger partial charge in [-0.15, -0.1) is 0 Å². The number of nitrogen functional groups attached to an aromatic ring is 1. The Balaban J connectivity index is 1.76. The predicted octanol–water partition coefficient (Wildman–Crippen LogP) is 3.90. The molecule has 1 heterocycles. The molecule has 2 aromatic carbocycles. The van der Waals surface area contributed by atoms with Gasteiger partial charge in [0.2, 0.25) is 0 Å². The number of aromatic nitrogens is 2. The molecule has 0 aliphatic heterocycles. The number of benzene rings is 2. The highest BCUT2D eigenvalue weighted by molar-refractivity contribution is 7.98. The highest BCUT2D eigenvalue weighted by Crippen LogP contribution is 2.24. The number of methoxy groups -OCH3 is 1. The van der Waals surface area contributed by atoms with Gasteiger partial charge in [-0.1, -0.05) is 36.0 Å². The first-order valence-corrected chi connectivity index (χ1v) is 10.0. The molecule has 0 fully saturated rings. The molecule has 152 valence electrons. The molecule has 8 heteroatoms. The summed E-state index contributed by atoms with van der Waals surface area (Å²) < 4.78 is 10.5. The van der Waals surface area contributed by atoms with E-state index in [4.69, 9.17) is 15.2 Å². The first kappa shape index (κ1) is 21.1. The van der Waals surface area contributed by atoms with Crippen molar-refractivity contribution in [3.05, 3.63) is 76.5 Å². The van der Waals surface area contributed by atoms with Gasteiger partial charge in [-0.2, -0.15) is 5.26 Å². The lowest BCUT2D eigenvalue weighted by Gasteiger charge is -2.10. The van der Waals surface area contributed by atoms with Crippen molar-refractivity contribution in [3.63, 3.8) is 0 Å². The Morgan fingerprint density at radius 3 is 2.73 bits per heavy atom. The fourth-order valence-electron chi connectivity index (χ4n) is 2.70. The maximum absolute atomic E-state index is 11.7. The Morgan fingerprint density at radius 1 is 1.20 bits per heavy atom. The van der Waals surface area contributed by atoms with Crippen molar-refractivity contribution < 1.29 is 14.3 Å². The number of nitriles is 1. The summed E-state index contributed by atoms with van der Waals surface area (Å²) in [4.78, 5) is 20.4. The third kappa shape index (κ3) is 5.27.